The quantitative estimate of drug-likeness (QED) is 0.0526. The predicted molar refractivity (Wildman–Crippen MR) is 179 cm³/mol. The monoisotopic (exact) mass is 756 g/mol. The standard InChI is InChI=1S/C22H31N7O9P6S/c1-28(25-15-19-6-8-20(9-7-19)37-26-40-27-41-39-23)42(45)38-21-10-4-18(5-11-21)12-13-24-22(30)3-2-14-29(16-43(31,32)33)17-44(34,35)36/h4-11,15,23H,2-3,12-14,16-17H2,1H3,(H4-,24,30,31,32,33,34,35,36)/p+1. The van der Waals surface area contributed by atoms with Gasteiger partial charge in [-0.25, -0.2) is 0 Å². The van der Waals surface area contributed by atoms with E-state index in [9.17, 15) is 13.9 Å². The van der Waals surface area contributed by atoms with Crippen molar-refractivity contribution in [1.82, 2.24) is 15.0 Å². The molecule has 6 N–H and O–H groups in total. The lowest BCUT2D eigenvalue weighted by Gasteiger charge is -2.22. The number of hydrogen-bond acceptors (Lipinski definition) is 10. The number of hydrogen-bond donors (Lipinski definition) is 6. The van der Waals surface area contributed by atoms with E-state index in [1.165, 1.54) is 0 Å². The molecule has 0 aromatic heterocycles. The van der Waals surface area contributed by atoms with Crippen molar-refractivity contribution in [3.63, 3.8) is 0 Å². The lowest BCUT2D eigenvalue weighted by atomic mass is 10.1. The van der Waals surface area contributed by atoms with Crippen molar-refractivity contribution >= 4 is 70.8 Å². The van der Waals surface area contributed by atoms with Crippen LogP contribution in [0.1, 0.15) is 24.0 Å². The average molecular weight is 756 g/mol. The molecule has 23 heteroatoms. The van der Waals surface area contributed by atoms with Gasteiger partial charge in [-0.3, -0.25) is 28.5 Å². The van der Waals surface area contributed by atoms with Crippen molar-refractivity contribution in [3.05, 3.63) is 59.7 Å². The molecule has 1 amide bonds. The van der Waals surface area contributed by atoms with E-state index in [4.69, 9.17) is 45.9 Å². The summed E-state index contributed by atoms with van der Waals surface area (Å²) in [6, 6.07) is 14.4. The number of carbonyl (C=O) groups excluding carboxylic acids is 1. The highest BCUT2D eigenvalue weighted by Crippen LogP contribution is 2.40. The number of nitrogens with zero attached hydrogens (tertiary/aromatic N) is 5. The zero-order chi connectivity index (χ0) is 33.3. The Bertz CT molecular complexity index is 1430. The predicted octanol–water partition coefficient (Wildman–Crippen LogP) is 5.91. The lowest BCUT2D eigenvalue weighted by molar-refractivity contribution is -0.121. The van der Waals surface area contributed by atoms with Gasteiger partial charge in [0.1, 0.15) is 12.6 Å². The maximum atomic E-state index is 12.1. The second kappa shape index (κ2) is 20.3. The van der Waals surface area contributed by atoms with Crippen LogP contribution in [0.15, 0.2) is 63.1 Å². The fourth-order valence-electron chi connectivity index (χ4n) is 3.40. The number of hydrazone groups is 1. The van der Waals surface area contributed by atoms with Crippen LogP contribution in [0.5, 0.6) is 11.5 Å². The van der Waals surface area contributed by atoms with Crippen molar-refractivity contribution in [2.45, 2.75) is 19.3 Å². The first-order valence-electron chi connectivity index (χ1n) is 12.8. The summed E-state index contributed by atoms with van der Waals surface area (Å²) in [5.74, 6) is 0.829. The molecule has 0 bridgehead atoms. The Balaban J connectivity index is 1.73. The second-order valence-corrected chi connectivity index (χ2v) is 17.0. The molecule has 0 aliphatic rings. The third-order valence-corrected chi connectivity index (χ3v) is 10.6. The molecule has 0 saturated heterocycles. The molecule has 244 valence electrons. The van der Waals surface area contributed by atoms with Crippen molar-refractivity contribution in [1.29, 1.82) is 5.16 Å². The maximum absolute atomic E-state index is 12.1. The van der Waals surface area contributed by atoms with Crippen LogP contribution < -0.4 is 14.7 Å². The highest BCUT2D eigenvalue weighted by atomic mass is 32.4. The van der Waals surface area contributed by atoms with Gasteiger partial charge < -0.3 is 29.7 Å². The van der Waals surface area contributed by atoms with Crippen molar-refractivity contribution < 1.29 is 42.9 Å². The highest BCUT2D eigenvalue weighted by Gasteiger charge is 2.25. The minimum absolute atomic E-state index is 0.0322. The zero-order valence-electron chi connectivity index (χ0n) is 23.8. The first-order valence-corrected chi connectivity index (χ1v) is 21.8. The van der Waals surface area contributed by atoms with Gasteiger partial charge in [0.15, 0.2) is 11.5 Å². The molecular weight excluding hydrogens is 724 g/mol. The molecule has 0 saturated carbocycles. The van der Waals surface area contributed by atoms with Gasteiger partial charge in [-0.15, -0.1) is 5.10 Å². The molecule has 0 heterocycles. The molecule has 2 rings (SSSR count). The summed E-state index contributed by atoms with van der Waals surface area (Å²) < 4.78 is 33.8. The molecule has 1 unspecified atom stereocenters. The smallest absolute Gasteiger partial charge is 0.356 e. The minimum Gasteiger partial charge on any atom is -0.356 e. The van der Waals surface area contributed by atoms with E-state index in [1.54, 1.807) is 42.3 Å². The molecule has 0 aliphatic carbocycles. The summed E-state index contributed by atoms with van der Waals surface area (Å²) in [4.78, 5) is 58.6. The van der Waals surface area contributed by atoms with Gasteiger partial charge in [0.25, 0.3) is 0 Å². The number of rotatable bonds is 20. The Labute approximate surface area is 270 Å². The average Bonchev–Trinajstić information content (AvgIpc) is 2.95. The van der Waals surface area contributed by atoms with Gasteiger partial charge >= 0.3 is 22.3 Å². The minimum atomic E-state index is -4.51. The van der Waals surface area contributed by atoms with Crippen LogP contribution in [-0.2, 0) is 32.2 Å². The molecule has 2 aromatic carbocycles. The fraction of sp³-hybridized carbons (Fsp3) is 0.364. The van der Waals surface area contributed by atoms with Crippen molar-refractivity contribution in [3.8, 4) is 11.5 Å². The van der Waals surface area contributed by atoms with E-state index in [-0.39, 0.29) is 25.3 Å². The maximum Gasteiger partial charge on any atom is 0.540 e. The number of amides is 1. The molecule has 45 heavy (non-hydrogen) atoms. The number of carbonyl (C=O) groups is 1. The van der Waals surface area contributed by atoms with Gasteiger partial charge in [-0.1, -0.05) is 16.9 Å². The largest absolute Gasteiger partial charge is 0.540 e. The first kappa shape index (κ1) is 39.2. The van der Waals surface area contributed by atoms with E-state index in [2.05, 4.69) is 19.8 Å². The van der Waals surface area contributed by atoms with E-state index in [1.807, 2.05) is 24.3 Å². The van der Waals surface area contributed by atoms with Crippen LogP contribution in [0.3, 0.4) is 0 Å². The third-order valence-electron chi connectivity index (χ3n) is 5.29. The van der Waals surface area contributed by atoms with E-state index in [0.29, 0.717) is 49.1 Å². The van der Waals surface area contributed by atoms with Gasteiger partial charge in [0.05, 0.1) is 29.4 Å². The SMILES string of the molecule is CN(N=Cc1ccc(ON=PN=PP=N)cc1)[P+](=S)Oc1ccc(CCNC(=O)CCCN(CP(=O)(O)O)CP(=O)(O)O)cc1. The molecule has 0 fully saturated rings. The molecule has 2 aromatic rings. The Morgan fingerprint density at radius 3 is 2.29 bits per heavy atom. The van der Waals surface area contributed by atoms with Crippen LogP contribution in [0.25, 0.3) is 0 Å². The molecule has 0 radical (unpaired) electrons. The van der Waals surface area contributed by atoms with E-state index < -0.39 is 34.8 Å². The molecular formula is C22H32N7O9P6S+. The second-order valence-electron chi connectivity index (χ2n) is 9.03. The van der Waals surface area contributed by atoms with Crippen molar-refractivity contribution in [2.24, 2.45) is 14.5 Å². The van der Waals surface area contributed by atoms with Gasteiger partial charge in [0, 0.05) is 13.0 Å². The lowest BCUT2D eigenvalue weighted by Crippen LogP contribution is -2.30. The number of benzene rings is 2. The Hall–Kier alpha value is -1.94. The normalized spacial score (nSPS) is 12.8. The fourth-order valence-corrected chi connectivity index (χ4v) is 7.27. The van der Waals surface area contributed by atoms with Crippen LogP contribution in [-0.4, -0.2) is 74.1 Å². The summed E-state index contributed by atoms with van der Waals surface area (Å²) in [5.41, 5.74) is 1.76. The summed E-state index contributed by atoms with van der Waals surface area (Å²) in [5, 5.41) is 14.1. The highest BCUT2D eigenvalue weighted by molar-refractivity contribution is 8.02. The summed E-state index contributed by atoms with van der Waals surface area (Å²) in [6.07, 6.45) is 0.786. The van der Waals surface area contributed by atoms with Crippen molar-refractivity contribution in [2.75, 3.05) is 32.7 Å². The van der Waals surface area contributed by atoms with Crippen LogP contribution in [0.2, 0.25) is 0 Å². The van der Waals surface area contributed by atoms with Crippen LogP contribution in [0, 0.1) is 5.16 Å². The first-order chi connectivity index (χ1) is 21.2. The topological polar surface area (TPSA) is 230 Å². The van der Waals surface area contributed by atoms with Gasteiger partial charge in [-0.2, -0.15) is 4.52 Å². The van der Waals surface area contributed by atoms with Gasteiger partial charge in [-0.05, 0) is 71.8 Å². The van der Waals surface area contributed by atoms with Gasteiger partial charge in [0.2, 0.25) is 26.2 Å². The third kappa shape index (κ3) is 18.7. The zero-order valence-corrected chi connectivity index (χ0v) is 30.0. The van der Waals surface area contributed by atoms with Crippen LogP contribution in [0.4, 0.5) is 0 Å². The molecule has 16 nitrogen and oxygen atoms in total. The van der Waals surface area contributed by atoms with E-state index in [0.717, 1.165) is 16.0 Å². The molecule has 0 spiro atoms. The molecule has 0 aliphatic heterocycles. The van der Waals surface area contributed by atoms with Crippen LogP contribution >= 0.6 is 46.9 Å². The Morgan fingerprint density at radius 1 is 1.07 bits per heavy atom. The molecule has 1 atom stereocenters. The van der Waals surface area contributed by atoms with E-state index >= 15 is 0 Å². The number of nitrogens with one attached hydrogen (secondary N) is 2. The summed E-state index contributed by atoms with van der Waals surface area (Å²) in [6.45, 7) is 0.296. The summed E-state index contributed by atoms with van der Waals surface area (Å²) >= 11 is 5.46. The Morgan fingerprint density at radius 2 is 1.69 bits per heavy atom. The Kier molecular flexibility index (Phi) is 17.7. The summed E-state index contributed by atoms with van der Waals surface area (Å²) in [7, 11) is -7.38.